The molecule has 0 aromatic rings. The summed E-state index contributed by atoms with van der Waals surface area (Å²) in [5, 5.41) is 9.67. The van der Waals surface area contributed by atoms with Crippen molar-refractivity contribution in [2.45, 2.75) is 38.2 Å². The lowest BCUT2D eigenvalue weighted by Crippen LogP contribution is -2.27. The number of hydrogen-bond donors (Lipinski definition) is 1. The Bertz CT molecular complexity index is 178. The van der Waals surface area contributed by atoms with Gasteiger partial charge in [-0.3, -0.25) is 0 Å². The predicted molar refractivity (Wildman–Crippen MR) is 43.1 cm³/mol. The first-order chi connectivity index (χ1) is 5.36. The van der Waals surface area contributed by atoms with Gasteiger partial charge in [-0.2, -0.15) is 0 Å². The molecular weight excluding hydrogens is 136 g/mol. The van der Waals surface area contributed by atoms with Crippen LogP contribution in [0.25, 0.3) is 0 Å². The smallest absolute Gasteiger partial charge is 0.0574 e. The van der Waals surface area contributed by atoms with Crippen LogP contribution in [0.1, 0.15) is 32.1 Å². The van der Waals surface area contributed by atoms with Gasteiger partial charge in [0.1, 0.15) is 0 Å². The lowest BCUT2D eigenvalue weighted by molar-refractivity contribution is 0.0642. The second-order valence-electron chi connectivity index (χ2n) is 4.72. The van der Waals surface area contributed by atoms with Crippen LogP contribution in [0.4, 0.5) is 0 Å². The number of aliphatic hydroxyl groups excluding tert-OH is 1. The van der Waals surface area contributed by atoms with Crippen LogP contribution in [-0.4, -0.2) is 11.2 Å². The maximum absolute atomic E-state index is 9.67. The van der Waals surface area contributed by atoms with Crippen LogP contribution in [0.5, 0.6) is 0 Å². The quantitative estimate of drug-likeness (QED) is 0.561. The monoisotopic (exact) mass is 152 g/mol. The van der Waals surface area contributed by atoms with Crippen molar-refractivity contribution >= 4 is 0 Å². The average molecular weight is 152 g/mol. The number of fused-ring (bicyclic) bond motifs is 5. The van der Waals surface area contributed by atoms with Crippen molar-refractivity contribution in [2.24, 2.45) is 23.7 Å². The molecule has 5 atom stereocenters. The minimum absolute atomic E-state index is 0.0827. The molecule has 0 aromatic heterocycles. The Kier molecular flexibility index (Phi) is 1.18. The summed E-state index contributed by atoms with van der Waals surface area (Å²) < 4.78 is 0. The van der Waals surface area contributed by atoms with Crippen molar-refractivity contribution in [1.29, 1.82) is 0 Å². The van der Waals surface area contributed by atoms with E-state index in [1.165, 1.54) is 25.7 Å². The number of aliphatic hydroxyl groups is 1. The summed E-state index contributed by atoms with van der Waals surface area (Å²) in [6.45, 7) is 0. The Balaban J connectivity index is 1.90. The van der Waals surface area contributed by atoms with Crippen molar-refractivity contribution < 1.29 is 5.11 Å². The lowest BCUT2D eigenvalue weighted by atomic mass is 9.80. The van der Waals surface area contributed by atoms with Gasteiger partial charge in [0.2, 0.25) is 0 Å². The lowest BCUT2D eigenvalue weighted by Gasteiger charge is -2.28. The zero-order valence-electron chi connectivity index (χ0n) is 6.87. The van der Waals surface area contributed by atoms with Gasteiger partial charge in [0.05, 0.1) is 6.10 Å². The topological polar surface area (TPSA) is 20.2 Å². The molecule has 0 heterocycles. The van der Waals surface area contributed by atoms with Gasteiger partial charge in [0.25, 0.3) is 0 Å². The molecule has 1 heteroatoms. The fraction of sp³-hybridized carbons (Fsp3) is 1.00. The molecule has 0 radical (unpaired) electrons. The molecule has 3 fully saturated rings. The summed E-state index contributed by atoms with van der Waals surface area (Å²) in [7, 11) is 0. The summed E-state index contributed by atoms with van der Waals surface area (Å²) in [4.78, 5) is 0. The standard InChI is InChI=1S/C10H16O/c11-10-5-6-4-9(10)8-3-1-2-7(6)8/h6-11H,1-5H2/t6-,7-,8+,9-,10-/m1/s1. The summed E-state index contributed by atoms with van der Waals surface area (Å²) in [6.07, 6.45) is 6.90. The molecule has 3 aliphatic rings. The molecule has 3 aliphatic carbocycles. The highest BCUT2D eigenvalue weighted by molar-refractivity contribution is 5.02. The first-order valence-electron chi connectivity index (χ1n) is 5.04. The Morgan fingerprint density at radius 3 is 2.64 bits per heavy atom. The van der Waals surface area contributed by atoms with Crippen LogP contribution in [-0.2, 0) is 0 Å². The Hall–Kier alpha value is -0.0400. The summed E-state index contributed by atoms with van der Waals surface area (Å²) in [6, 6.07) is 0. The summed E-state index contributed by atoms with van der Waals surface area (Å²) in [5.74, 6) is 3.60. The summed E-state index contributed by atoms with van der Waals surface area (Å²) >= 11 is 0. The zero-order chi connectivity index (χ0) is 7.42. The summed E-state index contributed by atoms with van der Waals surface area (Å²) in [5.41, 5.74) is 0. The van der Waals surface area contributed by atoms with E-state index in [9.17, 15) is 5.11 Å². The molecule has 62 valence electrons. The van der Waals surface area contributed by atoms with Gasteiger partial charge in [-0.25, -0.2) is 0 Å². The van der Waals surface area contributed by atoms with Gasteiger partial charge in [-0.1, -0.05) is 6.42 Å². The third-order valence-electron chi connectivity index (χ3n) is 4.39. The maximum atomic E-state index is 9.67. The van der Waals surface area contributed by atoms with E-state index in [-0.39, 0.29) is 6.10 Å². The molecule has 3 saturated carbocycles. The van der Waals surface area contributed by atoms with Crippen LogP contribution >= 0.6 is 0 Å². The van der Waals surface area contributed by atoms with E-state index in [1.54, 1.807) is 0 Å². The van der Waals surface area contributed by atoms with Crippen molar-refractivity contribution in [3.63, 3.8) is 0 Å². The second-order valence-corrected chi connectivity index (χ2v) is 4.72. The number of hydrogen-bond acceptors (Lipinski definition) is 1. The average Bonchev–Trinajstić information content (AvgIpc) is 2.52. The zero-order valence-corrected chi connectivity index (χ0v) is 6.87. The fourth-order valence-electron chi connectivity index (χ4n) is 4.03. The van der Waals surface area contributed by atoms with Crippen molar-refractivity contribution in [3.8, 4) is 0 Å². The Labute approximate surface area is 67.8 Å². The largest absolute Gasteiger partial charge is 0.393 e. The minimum atomic E-state index is 0.0827. The SMILES string of the molecule is O[C@@H]1C[C@H]2C[C@@H]1[C@H]1CCC[C@H]21. The Morgan fingerprint density at radius 2 is 1.73 bits per heavy atom. The van der Waals surface area contributed by atoms with E-state index in [0.29, 0.717) is 5.92 Å². The van der Waals surface area contributed by atoms with Crippen LogP contribution in [0.3, 0.4) is 0 Å². The van der Waals surface area contributed by atoms with E-state index in [1.807, 2.05) is 0 Å². The molecule has 0 saturated heterocycles. The van der Waals surface area contributed by atoms with Crippen LogP contribution in [0.2, 0.25) is 0 Å². The molecule has 0 aromatic carbocycles. The number of rotatable bonds is 0. The maximum Gasteiger partial charge on any atom is 0.0574 e. The van der Waals surface area contributed by atoms with Crippen molar-refractivity contribution in [2.75, 3.05) is 0 Å². The highest BCUT2D eigenvalue weighted by atomic mass is 16.3. The van der Waals surface area contributed by atoms with Gasteiger partial charge in [0.15, 0.2) is 0 Å². The van der Waals surface area contributed by atoms with E-state index in [4.69, 9.17) is 0 Å². The molecule has 0 unspecified atom stereocenters. The third kappa shape index (κ3) is 0.703. The first kappa shape index (κ1) is 6.47. The first-order valence-corrected chi connectivity index (χ1v) is 5.04. The van der Waals surface area contributed by atoms with Crippen molar-refractivity contribution in [3.05, 3.63) is 0 Å². The van der Waals surface area contributed by atoms with E-state index < -0.39 is 0 Å². The van der Waals surface area contributed by atoms with Crippen molar-refractivity contribution in [1.82, 2.24) is 0 Å². The molecule has 1 N–H and O–H groups in total. The minimum Gasteiger partial charge on any atom is -0.393 e. The van der Waals surface area contributed by atoms with Gasteiger partial charge >= 0.3 is 0 Å². The third-order valence-corrected chi connectivity index (χ3v) is 4.39. The molecule has 1 nitrogen and oxygen atoms in total. The second kappa shape index (κ2) is 2.01. The van der Waals surface area contributed by atoms with Crippen LogP contribution < -0.4 is 0 Å². The predicted octanol–water partition coefficient (Wildman–Crippen LogP) is 1.80. The van der Waals surface area contributed by atoms with E-state index in [0.717, 1.165) is 24.2 Å². The molecule has 0 aliphatic heterocycles. The Morgan fingerprint density at radius 1 is 0.909 bits per heavy atom. The fourth-order valence-corrected chi connectivity index (χ4v) is 4.03. The molecular formula is C10H16O. The molecule has 0 amide bonds. The van der Waals surface area contributed by atoms with Gasteiger partial charge in [-0.15, -0.1) is 0 Å². The van der Waals surface area contributed by atoms with E-state index in [2.05, 4.69) is 0 Å². The molecule has 0 spiro atoms. The normalized spacial score (nSPS) is 60.3. The highest BCUT2D eigenvalue weighted by Gasteiger charge is 2.53. The van der Waals surface area contributed by atoms with Gasteiger partial charge in [-0.05, 0) is 49.4 Å². The molecule has 3 rings (SSSR count). The highest BCUT2D eigenvalue weighted by Crippen LogP contribution is 2.58. The molecule has 2 bridgehead atoms. The van der Waals surface area contributed by atoms with Crippen LogP contribution in [0.15, 0.2) is 0 Å². The van der Waals surface area contributed by atoms with Gasteiger partial charge in [0, 0.05) is 0 Å². The molecule has 11 heavy (non-hydrogen) atoms. The van der Waals surface area contributed by atoms with Crippen LogP contribution in [0, 0.1) is 23.7 Å². The van der Waals surface area contributed by atoms with E-state index >= 15 is 0 Å². The van der Waals surface area contributed by atoms with Gasteiger partial charge < -0.3 is 5.11 Å².